The number of anilines is 3. The molecule has 8 heteroatoms. The topological polar surface area (TPSA) is 85.5 Å². The molecule has 8 aromatic rings. The van der Waals surface area contributed by atoms with Crippen molar-refractivity contribution >= 4 is 28.4 Å². The Hall–Kier alpha value is -6.54. The van der Waals surface area contributed by atoms with E-state index in [4.69, 9.17) is 29.9 Å². The maximum absolute atomic E-state index is 5.17. The van der Waals surface area contributed by atoms with Crippen LogP contribution in [0.3, 0.4) is 0 Å². The minimum Gasteiger partial charge on any atom is -0.278 e. The molecule has 0 amide bonds. The second-order valence-electron chi connectivity index (χ2n) is 10.9. The molecule has 0 radical (unpaired) electrons. The fourth-order valence-electron chi connectivity index (χ4n) is 6.00. The number of pyridine rings is 2. The fourth-order valence-corrected chi connectivity index (χ4v) is 6.00. The van der Waals surface area contributed by atoms with Crippen molar-refractivity contribution in [2.45, 2.75) is 0 Å². The van der Waals surface area contributed by atoms with Crippen molar-refractivity contribution in [2.75, 3.05) is 4.90 Å². The molecule has 9 rings (SSSR count). The first-order chi connectivity index (χ1) is 22.8. The quantitative estimate of drug-likeness (QED) is 0.203. The summed E-state index contributed by atoms with van der Waals surface area (Å²) in [6.07, 6.45) is 3.61. The molecule has 0 saturated heterocycles. The van der Waals surface area contributed by atoms with E-state index in [0.717, 1.165) is 62.1 Å². The van der Waals surface area contributed by atoms with Crippen molar-refractivity contribution in [3.8, 4) is 51.2 Å². The van der Waals surface area contributed by atoms with Crippen LogP contribution in [0.2, 0.25) is 0 Å². The van der Waals surface area contributed by atoms with E-state index >= 15 is 0 Å². The Morgan fingerprint density at radius 3 is 1.70 bits per heavy atom. The van der Waals surface area contributed by atoms with Crippen LogP contribution in [-0.2, 0) is 0 Å². The predicted molar refractivity (Wildman–Crippen MR) is 180 cm³/mol. The predicted octanol–water partition coefficient (Wildman–Crippen LogP) is 8.45. The smallest absolute Gasteiger partial charge is 0.220 e. The molecule has 0 atom stereocenters. The number of imidazole rings is 1. The molecule has 0 N–H and O–H groups in total. The van der Waals surface area contributed by atoms with E-state index in [0.29, 0.717) is 17.5 Å². The van der Waals surface area contributed by atoms with Crippen molar-refractivity contribution in [3.63, 3.8) is 0 Å². The molecular formula is C38H24N8. The Labute approximate surface area is 264 Å². The van der Waals surface area contributed by atoms with Gasteiger partial charge in [-0.05, 0) is 48.5 Å². The lowest BCUT2D eigenvalue weighted by atomic mass is 10.1. The summed E-state index contributed by atoms with van der Waals surface area (Å²) in [5, 5.41) is 0. The second kappa shape index (κ2) is 10.6. The monoisotopic (exact) mass is 592 g/mol. The highest BCUT2D eigenvalue weighted by atomic mass is 15.3. The maximum Gasteiger partial charge on any atom is 0.220 e. The number of hydrogen-bond acceptors (Lipinski definition) is 7. The van der Waals surface area contributed by atoms with E-state index < -0.39 is 0 Å². The molecule has 5 heterocycles. The molecule has 0 spiro atoms. The van der Waals surface area contributed by atoms with Crippen LogP contribution in [0.1, 0.15) is 0 Å². The van der Waals surface area contributed by atoms with Gasteiger partial charge >= 0.3 is 0 Å². The molecule has 1 aliphatic heterocycles. The first-order valence-electron chi connectivity index (χ1n) is 15.0. The summed E-state index contributed by atoms with van der Waals surface area (Å²) in [7, 11) is 0. The van der Waals surface area contributed by atoms with Gasteiger partial charge < -0.3 is 0 Å². The molecule has 0 unspecified atom stereocenters. The summed E-state index contributed by atoms with van der Waals surface area (Å²) in [6.45, 7) is 0. The third kappa shape index (κ3) is 4.23. The minimum atomic E-state index is 0.578. The third-order valence-corrected chi connectivity index (χ3v) is 8.08. The van der Waals surface area contributed by atoms with Crippen molar-refractivity contribution < 1.29 is 0 Å². The van der Waals surface area contributed by atoms with Gasteiger partial charge in [0.05, 0.1) is 22.4 Å². The van der Waals surface area contributed by atoms with Crippen molar-refractivity contribution in [2.24, 2.45) is 0 Å². The summed E-state index contributed by atoms with van der Waals surface area (Å²) in [4.78, 5) is 31.8. The van der Waals surface area contributed by atoms with Gasteiger partial charge in [-0.3, -0.25) is 19.4 Å². The van der Waals surface area contributed by atoms with Gasteiger partial charge in [-0.1, -0.05) is 84.9 Å². The number of para-hydroxylation sites is 2. The van der Waals surface area contributed by atoms with E-state index in [9.17, 15) is 0 Å². The van der Waals surface area contributed by atoms with Gasteiger partial charge in [0.1, 0.15) is 11.4 Å². The molecule has 4 aromatic heterocycles. The van der Waals surface area contributed by atoms with Crippen LogP contribution in [0.25, 0.3) is 62.3 Å². The summed E-state index contributed by atoms with van der Waals surface area (Å²) in [5.41, 5.74) is 8.81. The Morgan fingerprint density at radius 1 is 0.435 bits per heavy atom. The van der Waals surface area contributed by atoms with Gasteiger partial charge in [-0.2, -0.15) is 0 Å². The summed E-state index contributed by atoms with van der Waals surface area (Å²) in [6, 6.07) is 44.4. The standard InChI is InChI=1S/C38H24N8/c1-3-12-25(13-4-1)35-42-36(26-14-5-2-6-15-26)44-37(43-35)27-16-9-17-28(24-27)45-31-20-10-22-39-33(31)34-32(21-11-23-40-34)46-30-19-8-7-18-29(30)41-38(45)46/h1-24H. The molecule has 46 heavy (non-hydrogen) atoms. The second-order valence-corrected chi connectivity index (χ2v) is 10.9. The molecule has 0 bridgehead atoms. The summed E-state index contributed by atoms with van der Waals surface area (Å²) < 4.78 is 2.16. The number of rotatable bonds is 4. The molecule has 8 nitrogen and oxygen atoms in total. The first-order valence-corrected chi connectivity index (χ1v) is 15.0. The molecule has 4 aromatic carbocycles. The van der Waals surface area contributed by atoms with E-state index in [1.54, 1.807) is 6.20 Å². The molecule has 0 saturated carbocycles. The van der Waals surface area contributed by atoms with Gasteiger partial charge in [0.25, 0.3) is 0 Å². The highest BCUT2D eigenvalue weighted by molar-refractivity contribution is 5.94. The normalized spacial score (nSPS) is 11.9. The Morgan fingerprint density at radius 2 is 1.00 bits per heavy atom. The molecule has 0 aliphatic carbocycles. The largest absolute Gasteiger partial charge is 0.278 e. The number of aromatic nitrogens is 7. The maximum atomic E-state index is 5.17. The van der Waals surface area contributed by atoms with Crippen LogP contribution in [0.4, 0.5) is 17.3 Å². The highest BCUT2D eigenvalue weighted by Gasteiger charge is 2.30. The third-order valence-electron chi connectivity index (χ3n) is 8.08. The zero-order valence-electron chi connectivity index (χ0n) is 24.4. The van der Waals surface area contributed by atoms with Gasteiger partial charge in [-0.25, -0.2) is 19.9 Å². The Kier molecular flexibility index (Phi) is 5.95. The lowest BCUT2D eigenvalue weighted by Gasteiger charge is -2.24. The number of benzene rings is 4. The highest BCUT2D eigenvalue weighted by Crippen LogP contribution is 2.46. The van der Waals surface area contributed by atoms with Crippen LogP contribution >= 0.6 is 0 Å². The van der Waals surface area contributed by atoms with Crippen LogP contribution in [0.15, 0.2) is 146 Å². The SMILES string of the molecule is c1ccc(-c2nc(-c3ccccc3)nc(-c3cccc(N4c5cccnc5-c5ncccc5-n5c4nc4ccccc45)c3)n2)cc1. The van der Waals surface area contributed by atoms with E-state index in [-0.39, 0.29) is 0 Å². The number of nitrogens with zero attached hydrogens (tertiary/aromatic N) is 8. The van der Waals surface area contributed by atoms with Crippen LogP contribution in [-0.4, -0.2) is 34.5 Å². The minimum absolute atomic E-state index is 0.578. The fraction of sp³-hybridized carbons (Fsp3) is 0. The Bertz CT molecular complexity index is 2330. The number of hydrogen-bond donors (Lipinski definition) is 0. The lowest BCUT2D eigenvalue weighted by Crippen LogP contribution is -2.14. The van der Waals surface area contributed by atoms with Crippen molar-refractivity contribution in [3.05, 3.63) is 146 Å². The van der Waals surface area contributed by atoms with Gasteiger partial charge in [-0.15, -0.1) is 0 Å². The summed E-state index contributed by atoms with van der Waals surface area (Å²) in [5.74, 6) is 2.55. The zero-order chi connectivity index (χ0) is 30.5. The van der Waals surface area contributed by atoms with Crippen LogP contribution < -0.4 is 4.90 Å². The first kappa shape index (κ1) is 25.9. The average molecular weight is 593 g/mol. The van der Waals surface area contributed by atoms with Crippen molar-refractivity contribution in [1.29, 1.82) is 0 Å². The van der Waals surface area contributed by atoms with Crippen LogP contribution in [0, 0.1) is 0 Å². The Balaban J connectivity index is 1.27. The molecular weight excluding hydrogens is 568 g/mol. The average Bonchev–Trinajstić information content (AvgIpc) is 3.46. The molecule has 216 valence electrons. The van der Waals surface area contributed by atoms with Gasteiger partial charge in [0.15, 0.2) is 17.5 Å². The summed E-state index contributed by atoms with van der Waals surface area (Å²) >= 11 is 0. The van der Waals surface area contributed by atoms with E-state index in [1.807, 2.05) is 109 Å². The zero-order valence-corrected chi connectivity index (χ0v) is 24.4. The lowest BCUT2D eigenvalue weighted by molar-refractivity contribution is 1.04. The van der Waals surface area contributed by atoms with Gasteiger partial charge in [0, 0.05) is 34.8 Å². The van der Waals surface area contributed by atoms with Crippen molar-refractivity contribution in [1.82, 2.24) is 34.5 Å². The van der Waals surface area contributed by atoms with E-state index in [1.165, 1.54) is 0 Å². The number of fused-ring (bicyclic) bond motifs is 7. The molecule has 1 aliphatic rings. The van der Waals surface area contributed by atoms with E-state index in [2.05, 4.69) is 39.8 Å². The molecule has 0 fully saturated rings. The van der Waals surface area contributed by atoms with Crippen LogP contribution in [0.5, 0.6) is 0 Å². The van der Waals surface area contributed by atoms with Gasteiger partial charge in [0.2, 0.25) is 5.95 Å².